The molecule has 0 spiro atoms. The molecule has 0 aromatic heterocycles. The van der Waals surface area contributed by atoms with E-state index in [1.807, 2.05) is 0 Å². The van der Waals surface area contributed by atoms with Crippen LogP contribution in [-0.2, 0) is 31.0 Å². The normalized spacial score (nSPS) is 4.00. The smallest absolute Gasteiger partial charge is 0 e. The first-order chi connectivity index (χ1) is 5.41. The van der Waals surface area contributed by atoms with Gasteiger partial charge in [-0.2, -0.15) is 0 Å². The van der Waals surface area contributed by atoms with Crippen molar-refractivity contribution in [2.24, 2.45) is 0 Å². The second kappa shape index (κ2) is 136. The molecule has 0 bridgehead atoms. The summed E-state index contributed by atoms with van der Waals surface area (Å²) in [6.45, 7) is 20.3. The van der Waals surface area contributed by atoms with Crippen molar-refractivity contribution in [1.82, 2.24) is 0 Å². The molecule has 0 fully saturated rings. The molecule has 0 unspecified atom stereocenters. The third kappa shape index (κ3) is 246. The van der Waals surface area contributed by atoms with E-state index < -0.39 is 0 Å². The number of unbranched alkanes of at least 4 members (excludes halogenated alkanes) is 2. The summed E-state index contributed by atoms with van der Waals surface area (Å²) in [5.41, 5.74) is 0. The number of hydrogen-bond acceptors (Lipinski definition) is 0. The van der Waals surface area contributed by atoms with Crippen LogP contribution in [0.2, 0.25) is 0 Å². The predicted octanol–water partition coefficient (Wildman–Crippen LogP) is 1.15. The van der Waals surface area contributed by atoms with Crippen molar-refractivity contribution in [3.63, 3.8) is 0 Å². The van der Waals surface area contributed by atoms with Crippen molar-refractivity contribution < 1.29 is 31.0 Å². The van der Waals surface area contributed by atoms with Crippen LogP contribution in [0.25, 0.3) is 0 Å². The maximum atomic E-state index is 7.50. The van der Waals surface area contributed by atoms with Gasteiger partial charge in [0, 0.05) is 17.1 Å². The first kappa shape index (κ1) is 29.8. The zero-order chi connectivity index (χ0) is 10.1. The van der Waals surface area contributed by atoms with Gasteiger partial charge in [0.2, 0.25) is 0 Å². The number of rotatable bonds is 2. The Labute approximate surface area is 84.5 Å². The van der Waals surface area contributed by atoms with Crippen molar-refractivity contribution in [1.29, 1.82) is 0 Å². The van der Waals surface area contributed by atoms with Gasteiger partial charge >= 0.3 is 33.9 Å². The predicted molar refractivity (Wildman–Crippen MR) is 35.4 cm³/mol. The molecule has 64 valence electrons. The van der Waals surface area contributed by atoms with E-state index in [9.17, 15) is 0 Å². The maximum absolute atomic E-state index is 7.50. The molecule has 0 aromatic rings. The Morgan fingerprint density at radius 3 is 0.917 bits per heavy atom. The van der Waals surface area contributed by atoms with Crippen molar-refractivity contribution in [3.8, 4) is 0 Å². The molecule has 0 aromatic carbocycles. The fraction of sp³-hybridized carbons (Fsp3) is 0. The van der Waals surface area contributed by atoms with Crippen LogP contribution in [0.3, 0.4) is 0 Å². The van der Waals surface area contributed by atoms with Crippen LogP contribution in [0.5, 0.6) is 0 Å². The summed E-state index contributed by atoms with van der Waals surface area (Å²) in [6, 6.07) is 0. The minimum Gasteiger partial charge on any atom is -0.0496 e. The summed E-state index contributed by atoms with van der Waals surface area (Å²) < 4.78 is 22.5. The third-order valence-corrected chi connectivity index (χ3v) is 0.272. The van der Waals surface area contributed by atoms with Crippen molar-refractivity contribution in [2.45, 2.75) is 0 Å². The number of hydrogen-bond donors (Lipinski definition) is 0. The Balaban J connectivity index is -0.0000000203. The van der Waals surface area contributed by atoms with Crippen molar-refractivity contribution >= 4 is 0 Å². The van der Waals surface area contributed by atoms with Gasteiger partial charge in [-0.05, 0) is 33.1 Å². The first-order valence-corrected chi connectivity index (χ1v) is 2.10. The molecule has 4 heteroatoms. The molecule has 3 nitrogen and oxygen atoms in total. The Morgan fingerprint density at radius 2 is 0.917 bits per heavy atom. The average Bonchev–Trinajstić information content (AvgIpc) is 2.16. The van der Waals surface area contributed by atoms with E-state index in [4.69, 9.17) is 14.0 Å². The van der Waals surface area contributed by atoms with Gasteiger partial charge in [0.25, 0.3) is 0 Å². The average molecular weight is 206 g/mol. The van der Waals surface area contributed by atoms with E-state index in [0.717, 1.165) is 0 Å². The molecule has 0 aliphatic rings. The van der Waals surface area contributed by atoms with Crippen LogP contribution in [0.4, 0.5) is 0 Å². The molecule has 0 aliphatic heterocycles. The van der Waals surface area contributed by atoms with Gasteiger partial charge in [0.15, 0.2) is 0 Å². The van der Waals surface area contributed by atoms with Crippen molar-refractivity contribution in [3.05, 3.63) is 53.1 Å². The van der Waals surface area contributed by atoms with Crippen LogP contribution < -0.4 is 0 Å². The minimum absolute atomic E-state index is 0. The van der Waals surface area contributed by atoms with Gasteiger partial charge < -0.3 is 0 Å². The fourth-order valence-electron chi connectivity index (χ4n) is 0.0962. The fourth-order valence-corrected chi connectivity index (χ4v) is 0.0962. The molecule has 0 aliphatic carbocycles. The Morgan fingerprint density at radius 1 is 0.750 bits per heavy atom. The molecule has 0 saturated carbocycles. The first-order valence-electron chi connectivity index (χ1n) is 2.10. The topological polar surface area (TPSA) is 59.7 Å². The summed E-state index contributed by atoms with van der Waals surface area (Å²) in [4.78, 5) is 0. The molecule has 0 N–H and O–H groups in total. The second-order valence-electron chi connectivity index (χ2n) is 0.664. The second-order valence-corrected chi connectivity index (χ2v) is 0.664. The molecule has 0 rings (SSSR count). The quantitative estimate of drug-likeness (QED) is 0.369. The van der Waals surface area contributed by atoms with E-state index in [0.29, 0.717) is 0 Å². The van der Waals surface area contributed by atoms with Gasteiger partial charge in [-0.1, -0.05) is 0 Å². The Kier molecular flexibility index (Phi) is 337. The Hall–Kier alpha value is -0.261. The zero-order valence-electron chi connectivity index (χ0n) is 6.25. The molecule has 0 saturated heterocycles. The van der Waals surface area contributed by atoms with Crippen LogP contribution in [0, 0.1) is 53.1 Å². The summed E-state index contributed by atoms with van der Waals surface area (Å²) in [7, 11) is 0. The maximum Gasteiger partial charge on any atom is 0 e. The molecule has 6 radical (unpaired) electrons. The van der Waals surface area contributed by atoms with Crippen LogP contribution in [-0.4, -0.2) is 0 Å². The Bertz CT molecular complexity index is 69.8. The summed E-state index contributed by atoms with van der Waals surface area (Å²) >= 11 is 0. The van der Waals surface area contributed by atoms with E-state index >= 15 is 0 Å². The zero-order valence-corrected chi connectivity index (χ0v) is 7.43. The monoisotopic (exact) mass is 206 g/mol. The van der Waals surface area contributed by atoms with Crippen LogP contribution >= 0.6 is 0 Å². The molecule has 0 amide bonds. The third-order valence-electron chi connectivity index (χ3n) is 0.272. The van der Waals surface area contributed by atoms with E-state index in [-0.39, 0.29) is 17.1 Å². The molecular weight excluding hydrogens is 199 g/mol. The molecular formula is C8H7MnO3. The van der Waals surface area contributed by atoms with E-state index in [1.165, 1.54) is 0 Å². The minimum atomic E-state index is 0. The van der Waals surface area contributed by atoms with Gasteiger partial charge in [-0.15, -0.1) is 0 Å². The van der Waals surface area contributed by atoms with Gasteiger partial charge in [0.1, 0.15) is 0 Å². The van der Waals surface area contributed by atoms with E-state index in [1.54, 1.807) is 19.3 Å². The molecule has 0 atom stereocenters. The summed E-state index contributed by atoms with van der Waals surface area (Å²) in [6.07, 6.45) is 5.15. The van der Waals surface area contributed by atoms with E-state index in [2.05, 4.69) is 33.8 Å². The SMILES string of the molecule is [C-]#[O+].[C-]#[O+].[C-]#[O+].[CH2][CH][CH][CH][CH2].[Mn]. The van der Waals surface area contributed by atoms with Gasteiger partial charge in [0.05, 0.1) is 0 Å². The van der Waals surface area contributed by atoms with Crippen LogP contribution in [0.15, 0.2) is 0 Å². The molecule has 12 heavy (non-hydrogen) atoms. The standard InChI is InChI=1S/C5H7.3CO.Mn/c1-3-5-4-2;3*1-2;/h3-5H,1-2H2;;;;. The summed E-state index contributed by atoms with van der Waals surface area (Å²) in [5.74, 6) is 0. The summed E-state index contributed by atoms with van der Waals surface area (Å²) in [5, 5.41) is 0. The van der Waals surface area contributed by atoms with Crippen LogP contribution in [0.1, 0.15) is 0 Å². The molecule has 0 heterocycles. The van der Waals surface area contributed by atoms with Crippen molar-refractivity contribution in [2.75, 3.05) is 0 Å². The van der Waals surface area contributed by atoms with Gasteiger partial charge in [-0.3, -0.25) is 0 Å². The largest absolute Gasteiger partial charge is 0.0496 e. The van der Waals surface area contributed by atoms with Gasteiger partial charge in [-0.25, -0.2) is 0 Å².